The van der Waals surface area contributed by atoms with Gasteiger partial charge >= 0.3 is 0 Å². The van der Waals surface area contributed by atoms with Crippen LogP contribution >= 0.6 is 0 Å². The van der Waals surface area contributed by atoms with Crippen molar-refractivity contribution in [3.8, 4) is 0 Å². The third-order valence-electron chi connectivity index (χ3n) is 5.61. The number of benzene rings is 1. The maximum absolute atomic E-state index is 13.2. The van der Waals surface area contributed by atoms with Crippen molar-refractivity contribution in [1.82, 2.24) is 14.2 Å². The van der Waals surface area contributed by atoms with Crippen LogP contribution in [0.1, 0.15) is 53.0 Å². The molecule has 1 amide bonds. The van der Waals surface area contributed by atoms with Crippen molar-refractivity contribution in [2.24, 2.45) is 7.05 Å². The number of aryl methyl sites for hydroxylation is 1. The summed E-state index contributed by atoms with van der Waals surface area (Å²) >= 11 is 0. The van der Waals surface area contributed by atoms with E-state index in [1.807, 2.05) is 31.2 Å². The average molecular weight is 404 g/mol. The van der Waals surface area contributed by atoms with E-state index in [-0.39, 0.29) is 10.8 Å². The van der Waals surface area contributed by atoms with E-state index in [9.17, 15) is 13.2 Å². The number of aromatic nitrogens is 1. The number of hydrogen-bond donors (Lipinski definition) is 1. The zero-order valence-electron chi connectivity index (χ0n) is 16.9. The van der Waals surface area contributed by atoms with Crippen LogP contribution in [0.15, 0.2) is 35.2 Å². The lowest BCUT2D eigenvalue weighted by molar-refractivity contribution is 0.0942. The van der Waals surface area contributed by atoms with E-state index >= 15 is 0 Å². The molecule has 7 heteroatoms. The molecule has 152 valence electrons. The minimum atomic E-state index is -3.59. The molecular weight excluding hydrogens is 374 g/mol. The first kappa shape index (κ1) is 20.6. The Hall–Kier alpha value is -2.12. The summed E-state index contributed by atoms with van der Waals surface area (Å²) in [4.78, 5) is 13.0. The number of hydrogen-bond acceptors (Lipinski definition) is 3. The summed E-state index contributed by atoms with van der Waals surface area (Å²) in [5, 5.41) is 2.91. The summed E-state index contributed by atoms with van der Waals surface area (Å²) in [6, 6.07) is 9.39. The molecule has 28 heavy (non-hydrogen) atoms. The first-order valence-electron chi connectivity index (χ1n) is 9.81. The first-order valence-corrected chi connectivity index (χ1v) is 11.3. The lowest BCUT2D eigenvalue weighted by atomic mass is 10.1. The monoisotopic (exact) mass is 403 g/mol. The Bertz CT molecular complexity index is 955. The van der Waals surface area contributed by atoms with Crippen LogP contribution in [-0.2, 0) is 23.6 Å². The Morgan fingerprint density at radius 2 is 1.71 bits per heavy atom. The molecule has 0 bridgehead atoms. The highest BCUT2D eigenvalue weighted by molar-refractivity contribution is 7.89. The second-order valence-corrected chi connectivity index (χ2v) is 9.37. The number of sulfonamides is 1. The van der Waals surface area contributed by atoms with E-state index in [1.165, 1.54) is 6.07 Å². The molecule has 0 saturated carbocycles. The van der Waals surface area contributed by atoms with Gasteiger partial charge in [0.2, 0.25) is 10.0 Å². The quantitative estimate of drug-likeness (QED) is 0.834. The van der Waals surface area contributed by atoms with Gasteiger partial charge in [-0.05, 0) is 43.9 Å². The molecule has 0 atom stereocenters. The minimum Gasteiger partial charge on any atom is -0.347 e. The van der Waals surface area contributed by atoms with Crippen LogP contribution in [0.3, 0.4) is 0 Å². The Balaban J connectivity index is 1.82. The molecule has 1 saturated heterocycles. The van der Waals surface area contributed by atoms with Gasteiger partial charge in [-0.2, -0.15) is 4.31 Å². The van der Waals surface area contributed by atoms with Crippen LogP contribution in [-0.4, -0.2) is 36.3 Å². The van der Waals surface area contributed by atoms with Crippen LogP contribution in [0.5, 0.6) is 0 Å². The van der Waals surface area contributed by atoms with Gasteiger partial charge in [0.25, 0.3) is 5.91 Å². The molecule has 0 aliphatic carbocycles. The van der Waals surface area contributed by atoms with Crippen LogP contribution < -0.4 is 5.32 Å². The lowest BCUT2D eigenvalue weighted by Crippen LogP contribution is -2.32. The highest BCUT2D eigenvalue weighted by Crippen LogP contribution is 2.25. The third kappa shape index (κ3) is 4.15. The Kier molecular flexibility index (Phi) is 6.25. The Morgan fingerprint density at radius 1 is 1.07 bits per heavy atom. The number of nitrogens with zero attached hydrogens (tertiary/aromatic N) is 2. The standard InChI is InChI=1S/C21H29N3O3S/c1-16-10-6-7-11-18(16)15-22-21(25)19-14-20(17(2)23(19)3)28(26,27)24-12-8-4-5-9-13-24/h6-7,10-11,14H,4-5,8-9,12-13,15H2,1-3H3,(H,22,25). The SMILES string of the molecule is Cc1ccccc1CNC(=O)c1cc(S(=O)(=O)N2CCCCCC2)c(C)n1C. The van der Waals surface area contributed by atoms with Gasteiger partial charge in [0, 0.05) is 32.4 Å². The van der Waals surface area contributed by atoms with Gasteiger partial charge < -0.3 is 9.88 Å². The fourth-order valence-corrected chi connectivity index (χ4v) is 5.43. The van der Waals surface area contributed by atoms with Gasteiger partial charge in [-0.3, -0.25) is 4.79 Å². The molecule has 2 heterocycles. The summed E-state index contributed by atoms with van der Waals surface area (Å²) in [5.74, 6) is -0.272. The first-order chi connectivity index (χ1) is 13.3. The van der Waals surface area contributed by atoms with E-state index < -0.39 is 10.0 Å². The molecule has 1 fully saturated rings. The van der Waals surface area contributed by atoms with E-state index in [0.717, 1.165) is 36.8 Å². The molecule has 6 nitrogen and oxygen atoms in total. The fraction of sp³-hybridized carbons (Fsp3) is 0.476. The minimum absolute atomic E-state index is 0.234. The van der Waals surface area contributed by atoms with Crippen LogP contribution in [0.2, 0.25) is 0 Å². The second-order valence-electron chi connectivity index (χ2n) is 7.47. The molecule has 0 unspecified atom stereocenters. The predicted molar refractivity (Wildman–Crippen MR) is 110 cm³/mol. The van der Waals surface area contributed by atoms with Crippen LogP contribution in [0, 0.1) is 13.8 Å². The van der Waals surface area contributed by atoms with Crippen molar-refractivity contribution >= 4 is 15.9 Å². The molecule has 1 aliphatic heterocycles. The summed E-state index contributed by atoms with van der Waals surface area (Å²) in [7, 11) is -1.86. The van der Waals surface area contributed by atoms with Crippen molar-refractivity contribution in [3.63, 3.8) is 0 Å². The summed E-state index contributed by atoms with van der Waals surface area (Å²) in [5.41, 5.74) is 3.10. The average Bonchev–Trinajstić information content (AvgIpc) is 2.86. The number of carbonyl (C=O) groups excluding carboxylic acids is 1. The molecule has 3 rings (SSSR count). The molecule has 1 aliphatic rings. The Morgan fingerprint density at radius 3 is 2.36 bits per heavy atom. The highest BCUT2D eigenvalue weighted by Gasteiger charge is 2.30. The van der Waals surface area contributed by atoms with E-state index in [0.29, 0.717) is 31.0 Å². The van der Waals surface area contributed by atoms with Crippen molar-refractivity contribution < 1.29 is 13.2 Å². The van der Waals surface area contributed by atoms with Crippen LogP contribution in [0.4, 0.5) is 0 Å². The highest BCUT2D eigenvalue weighted by atomic mass is 32.2. The molecule has 1 aromatic carbocycles. The van der Waals surface area contributed by atoms with Crippen molar-refractivity contribution in [1.29, 1.82) is 0 Å². The molecule has 0 spiro atoms. The smallest absolute Gasteiger partial charge is 0.268 e. The van der Waals surface area contributed by atoms with E-state index in [2.05, 4.69) is 5.32 Å². The topological polar surface area (TPSA) is 71.4 Å². The Labute approximate surface area is 167 Å². The maximum atomic E-state index is 13.2. The van der Waals surface area contributed by atoms with E-state index in [4.69, 9.17) is 0 Å². The van der Waals surface area contributed by atoms with Crippen molar-refractivity contribution in [2.75, 3.05) is 13.1 Å². The molecule has 1 N–H and O–H groups in total. The largest absolute Gasteiger partial charge is 0.347 e. The lowest BCUT2D eigenvalue weighted by Gasteiger charge is -2.19. The summed E-state index contributed by atoms with van der Waals surface area (Å²) < 4.78 is 29.5. The zero-order chi connectivity index (χ0) is 20.3. The molecular formula is C21H29N3O3S. The van der Waals surface area contributed by atoms with Crippen molar-refractivity contribution in [2.45, 2.75) is 51.0 Å². The summed E-state index contributed by atoms with van der Waals surface area (Å²) in [6.07, 6.45) is 3.89. The molecule has 0 radical (unpaired) electrons. The third-order valence-corrected chi connectivity index (χ3v) is 7.62. The number of nitrogens with one attached hydrogen (secondary N) is 1. The van der Waals surface area contributed by atoms with E-state index in [1.54, 1.807) is 22.8 Å². The van der Waals surface area contributed by atoms with Gasteiger partial charge in [0.1, 0.15) is 10.6 Å². The van der Waals surface area contributed by atoms with Crippen molar-refractivity contribution in [3.05, 3.63) is 52.8 Å². The molecule has 2 aromatic rings. The van der Waals surface area contributed by atoms with Gasteiger partial charge in [-0.15, -0.1) is 0 Å². The van der Waals surface area contributed by atoms with Gasteiger partial charge in [-0.1, -0.05) is 37.1 Å². The summed E-state index contributed by atoms with van der Waals surface area (Å²) in [6.45, 7) is 5.25. The molecule has 1 aromatic heterocycles. The maximum Gasteiger partial charge on any atom is 0.268 e. The van der Waals surface area contributed by atoms with Gasteiger partial charge in [0.15, 0.2) is 0 Å². The number of carbonyl (C=O) groups is 1. The zero-order valence-corrected chi connectivity index (χ0v) is 17.7. The number of amides is 1. The normalized spacial score (nSPS) is 16.0. The van der Waals surface area contributed by atoms with Gasteiger partial charge in [0.05, 0.1) is 0 Å². The van der Waals surface area contributed by atoms with Crippen LogP contribution in [0.25, 0.3) is 0 Å². The predicted octanol–water partition coefficient (Wildman–Crippen LogP) is 3.14. The fourth-order valence-electron chi connectivity index (χ4n) is 3.65. The second kappa shape index (κ2) is 8.49. The number of rotatable bonds is 5. The van der Waals surface area contributed by atoms with Gasteiger partial charge in [-0.25, -0.2) is 8.42 Å².